The van der Waals surface area contributed by atoms with E-state index in [1.54, 1.807) is 12.4 Å². The van der Waals surface area contributed by atoms with Crippen LogP contribution < -0.4 is 16.8 Å². The minimum atomic E-state index is 0.710. The lowest BCUT2D eigenvalue weighted by molar-refractivity contribution is 1.25. The Morgan fingerprint density at radius 1 is 0.851 bits per heavy atom. The molecule has 0 aliphatic carbocycles. The van der Waals surface area contributed by atoms with Crippen molar-refractivity contribution in [1.82, 2.24) is 4.98 Å². The van der Waals surface area contributed by atoms with Gasteiger partial charge in [0.2, 0.25) is 0 Å². The molecule has 0 bridgehead atoms. The minimum Gasteiger partial charge on any atom is -0.404 e. The zero-order valence-electron chi connectivity index (χ0n) is 27.6. The molecule has 0 saturated carbocycles. The first-order valence-electron chi connectivity index (χ1n) is 15.7. The number of pyridine rings is 1. The van der Waals surface area contributed by atoms with E-state index in [2.05, 4.69) is 91.1 Å². The molecule has 0 unspecified atom stereocenters. The molecule has 1 heterocycles. The van der Waals surface area contributed by atoms with Gasteiger partial charge in [0.25, 0.3) is 0 Å². The summed E-state index contributed by atoms with van der Waals surface area (Å²) in [6.07, 6.45) is 22.0. The first kappa shape index (κ1) is 34.0. The van der Waals surface area contributed by atoms with Crippen molar-refractivity contribution < 1.29 is 0 Å². The number of aromatic nitrogens is 1. The van der Waals surface area contributed by atoms with Gasteiger partial charge in [-0.1, -0.05) is 110 Å². The maximum absolute atomic E-state index is 6.10. The maximum Gasteiger partial charge on any atom is 0.0698 e. The summed E-state index contributed by atoms with van der Waals surface area (Å²) in [6.45, 7) is 14.4. The van der Waals surface area contributed by atoms with E-state index in [9.17, 15) is 0 Å². The molecule has 4 heteroatoms. The van der Waals surface area contributed by atoms with Gasteiger partial charge in [0.15, 0.2) is 0 Å². The summed E-state index contributed by atoms with van der Waals surface area (Å²) >= 11 is 0. The molecule has 236 valence electrons. The van der Waals surface area contributed by atoms with Crippen LogP contribution in [0.5, 0.6) is 0 Å². The lowest BCUT2D eigenvalue weighted by Gasteiger charge is -2.15. The van der Waals surface area contributed by atoms with Gasteiger partial charge >= 0.3 is 0 Å². The molecule has 0 amide bonds. The number of nitrogens with zero attached hydrogens (tertiary/aromatic N) is 1. The smallest absolute Gasteiger partial charge is 0.0698 e. The zero-order valence-corrected chi connectivity index (χ0v) is 27.6. The summed E-state index contributed by atoms with van der Waals surface area (Å²) in [5, 5.41) is 3.60. The normalized spacial score (nSPS) is 12.7. The molecule has 4 nitrogen and oxygen atoms in total. The highest BCUT2D eigenvalue weighted by Gasteiger charge is 2.10. The standard InChI is InChI=1S/C43H44N4/c1-6-13-33(28-44)14-12-15-38(29-45)37-22-24-41(43(27-37)47-40-16-10-9-11-17-40)32(5)19-20-35-26-36(21-18-31(35)4)39-23-25-42(46-30-39)34(7-2)8-3/h6-13,15-30,47H,2,5,14,44-45H2,1,3-4H3/b13-6-,15-12-,20-19-,33-28+,34-8+,38-29+. The number of aryl methyl sites for hydroxylation is 1. The zero-order chi connectivity index (χ0) is 33.6. The molecule has 4 rings (SSSR count). The quantitative estimate of drug-likeness (QED) is 0.131. The summed E-state index contributed by atoms with van der Waals surface area (Å²) < 4.78 is 0. The molecule has 0 fully saturated rings. The lowest BCUT2D eigenvalue weighted by Crippen LogP contribution is -1.97. The van der Waals surface area contributed by atoms with Crippen molar-refractivity contribution in [3.63, 3.8) is 0 Å². The third kappa shape index (κ3) is 9.09. The fraction of sp³-hybridized carbons (Fsp3) is 0.0930. The topological polar surface area (TPSA) is 77.0 Å². The molecule has 0 radical (unpaired) electrons. The van der Waals surface area contributed by atoms with Crippen molar-refractivity contribution in [3.05, 3.63) is 187 Å². The van der Waals surface area contributed by atoms with E-state index in [0.717, 1.165) is 67.2 Å². The van der Waals surface area contributed by atoms with E-state index in [1.165, 1.54) is 5.56 Å². The van der Waals surface area contributed by atoms with Gasteiger partial charge in [-0.15, -0.1) is 0 Å². The van der Waals surface area contributed by atoms with E-state index < -0.39 is 0 Å². The number of allylic oxidation sites excluding steroid dienone is 11. The average molecular weight is 617 g/mol. The Labute approximate surface area is 280 Å². The number of hydrogen-bond acceptors (Lipinski definition) is 4. The molecule has 0 saturated heterocycles. The average Bonchev–Trinajstić information content (AvgIpc) is 3.10. The molecule has 1 aromatic heterocycles. The predicted octanol–water partition coefficient (Wildman–Crippen LogP) is 10.8. The van der Waals surface area contributed by atoms with Crippen LogP contribution in [0.1, 0.15) is 48.2 Å². The molecule has 47 heavy (non-hydrogen) atoms. The fourth-order valence-corrected chi connectivity index (χ4v) is 5.15. The Hall–Kier alpha value is -5.87. The van der Waals surface area contributed by atoms with Crippen LogP contribution in [0.3, 0.4) is 0 Å². The maximum atomic E-state index is 6.10. The lowest BCUT2D eigenvalue weighted by atomic mass is 9.96. The van der Waals surface area contributed by atoms with Gasteiger partial charge in [-0.05, 0) is 108 Å². The Morgan fingerprint density at radius 3 is 2.30 bits per heavy atom. The van der Waals surface area contributed by atoms with E-state index in [4.69, 9.17) is 11.5 Å². The van der Waals surface area contributed by atoms with Crippen molar-refractivity contribution in [2.75, 3.05) is 5.32 Å². The number of benzene rings is 3. The van der Waals surface area contributed by atoms with Crippen LogP contribution in [0.2, 0.25) is 0 Å². The molecule has 3 aromatic carbocycles. The third-order valence-electron chi connectivity index (χ3n) is 7.84. The van der Waals surface area contributed by atoms with Crippen LogP contribution >= 0.6 is 0 Å². The molecule has 4 aromatic rings. The SMILES string of the molecule is C=C/C(=C\C)c1ccc(-c2ccc(C)c(/C=C\C(=C)c3ccc(C(/C=C\CC(/C=C\C)=C/N)=C/N)cc3Nc3ccccc3)c2)cn1. The van der Waals surface area contributed by atoms with Crippen molar-refractivity contribution in [2.45, 2.75) is 27.2 Å². The van der Waals surface area contributed by atoms with Gasteiger partial charge in [-0.2, -0.15) is 0 Å². The highest BCUT2D eigenvalue weighted by molar-refractivity contribution is 5.88. The highest BCUT2D eigenvalue weighted by Crippen LogP contribution is 2.32. The van der Waals surface area contributed by atoms with Crippen molar-refractivity contribution in [1.29, 1.82) is 0 Å². The predicted molar refractivity (Wildman–Crippen MR) is 205 cm³/mol. The molecule has 0 aliphatic heterocycles. The second kappa shape index (κ2) is 17.0. The fourth-order valence-electron chi connectivity index (χ4n) is 5.15. The Kier molecular flexibility index (Phi) is 12.3. The second-order valence-corrected chi connectivity index (χ2v) is 11.0. The summed E-state index contributed by atoms with van der Waals surface area (Å²) in [6, 6.07) is 27.0. The van der Waals surface area contributed by atoms with E-state index in [1.807, 2.05) is 86.8 Å². The van der Waals surface area contributed by atoms with Crippen molar-refractivity contribution >= 4 is 34.2 Å². The molecular weight excluding hydrogens is 573 g/mol. The van der Waals surface area contributed by atoms with Gasteiger partial charge in [0.1, 0.15) is 0 Å². The number of rotatable bonds is 13. The van der Waals surface area contributed by atoms with E-state index in [0.29, 0.717) is 6.42 Å². The number of nitrogens with one attached hydrogen (secondary N) is 1. The second-order valence-electron chi connectivity index (χ2n) is 11.0. The van der Waals surface area contributed by atoms with Gasteiger partial charge in [-0.3, -0.25) is 4.98 Å². The van der Waals surface area contributed by atoms with Crippen LogP contribution in [0.25, 0.3) is 33.9 Å². The van der Waals surface area contributed by atoms with Crippen molar-refractivity contribution in [2.24, 2.45) is 11.5 Å². The van der Waals surface area contributed by atoms with Crippen molar-refractivity contribution in [3.8, 4) is 11.1 Å². The Bertz CT molecular complexity index is 1880. The first-order valence-corrected chi connectivity index (χ1v) is 15.7. The van der Waals surface area contributed by atoms with E-state index in [-0.39, 0.29) is 0 Å². The monoisotopic (exact) mass is 616 g/mol. The molecule has 0 atom stereocenters. The van der Waals surface area contributed by atoms with Gasteiger partial charge in [-0.25, -0.2) is 0 Å². The number of nitrogens with two attached hydrogens (primary N) is 2. The number of para-hydroxylation sites is 1. The number of anilines is 2. The van der Waals surface area contributed by atoms with Crippen LogP contribution in [-0.4, -0.2) is 4.98 Å². The van der Waals surface area contributed by atoms with Crippen LogP contribution in [-0.2, 0) is 0 Å². The van der Waals surface area contributed by atoms with Crippen LogP contribution in [0.4, 0.5) is 11.4 Å². The first-order chi connectivity index (χ1) is 22.9. The van der Waals surface area contributed by atoms with Crippen LogP contribution in [0.15, 0.2) is 159 Å². The molecule has 0 spiro atoms. The summed E-state index contributed by atoms with van der Waals surface area (Å²) in [7, 11) is 0. The summed E-state index contributed by atoms with van der Waals surface area (Å²) in [5.41, 5.74) is 25.0. The third-order valence-corrected chi connectivity index (χ3v) is 7.84. The highest BCUT2D eigenvalue weighted by atomic mass is 14.9. The molecule has 5 N–H and O–H groups in total. The Balaban J connectivity index is 1.63. The largest absolute Gasteiger partial charge is 0.404 e. The van der Waals surface area contributed by atoms with Gasteiger partial charge in [0, 0.05) is 34.9 Å². The molecular formula is C43H44N4. The Morgan fingerprint density at radius 2 is 1.64 bits per heavy atom. The summed E-state index contributed by atoms with van der Waals surface area (Å²) in [4.78, 5) is 4.66. The molecule has 0 aliphatic rings. The number of hydrogen-bond donors (Lipinski definition) is 3. The van der Waals surface area contributed by atoms with E-state index >= 15 is 0 Å². The van der Waals surface area contributed by atoms with Gasteiger partial charge in [0.05, 0.1) is 5.69 Å². The van der Waals surface area contributed by atoms with Gasteiger partial charge < -0.3 is 16.8 Å². The minimum absolute atomic E-state index is 0.710. The van der Waals surface area contributed by atoms with Crippen LogP contribution in [0, 0.1) is 6.92 Å². The summed E-state index contributed by atoms with van der Waals surface area (Å²) in [5.74, 6) is 0.